The van der Waals surface area contributed by atoms with E-state index in [9.17, 15) is 4.79 Å². The van der Waals surface area contributed by atoms with Crippen molar-refractivity contribution in [3.8, 4) is 0 Å². The van der Waals surface area contributed by atoms with Crippen molar-refractivity contribution < 1.29 is 14.0 Å². The molecular weight excluding hydrogens is 280 g/mol. The first-order valence-corrected chi connectivity index (χ1v) is 11.3. The lowest BCUT2D eigenvalue weighted by Crippen LogP contribution is -2.42. The van der Waals surface area contributed by atoms with Crippen LogP contribution in [0.15, 0.2) is 0 Å². The van der Waals surface area contributed by atoms with Crippen molar-refractivity contribution in [1.82, 2.24) is 0 Å². The summed E-state index contributed by atoms with van der Waals surface area (Å²) in [6.07, 6.45) is 4.24. The minimum atomic E-state index is -1.64. The fourth-order valence-electron chi connectivity index (χ4n) is 3.53. The van der Waals surface area contributed by atoms with Gasteiger partial charge in [0.05, 0.1) is 13.0 Å². The third-order valence-electron chi connectivity index (χ3n) is 6.10. The Labute approximate surface area is 130 Å². The van der Waals surface area contributed by atoms with Crippen LogP contribution in [0.1, 0.15) is 53.4 Å². The van der Waals surface area contributed by atoms with Crippen molar-refractivity contribution >= 4 is 14.3 Å². The number of ether oxygens (including phenoxy) is 1. The van der Waals surface area contributed by atoms with Gasteiger partial charge in [0.15, 0.2) is 8.32 Å². The number of fused-ring (bicyclic) bond motifs is 1. The number of esters is 1. The van der Waals surface area contributed by atoms with Crippen LogP contribution in [0, 0.1) is 17.3 Å². The minimum absolute atomic E-state index is 0.00837. The summed E-state index contributed by atoms with van der Waals surface area (Å²) in [5.41, 5.74) is 0.272. The van der Waals surface area contributed by atoms with Crippen LogP contribution in [0.4, 0.5) is 0 Å². The zero-order valence-corrected chi connectivity index (χ0v) is 15.6. The second kappa shape index (κ2) is 5.69. The Kier molecular flexibility index (Phi) is 4.61. The first kappa shape index (κ1) is 17.0. The van der Waals surface area contributed by atoms with E-state index in [4.69, 9.17) is 9.16 Å². The number of carbonyl (C=O) groups excluding carboxylic acids is 1. The summed E-state index contributed by atoms with van der Waals surface area (Å²) in [5.74, 6) is 1.35. The quantitative estimate of drug-likeness (QED) is 0.539. The number of hydrogen-bond donors (Lipinski definition) is 0. The van der Waals surface area contributed by atoms with Crippen molar-refractivity contribution in [2.45, 2.75) is 71.5 Å². The molecule has 0 unspecified atom stereocenters. The zero-order valence-electron chi connectivity index (χ0n) is 14.6. The van der Waals surface area contributed by atoms with Gasteiger partial charge in [-0.15, -0.1) is 0 Å². The average molecular weight is 313 g/mol. The molecular formula is C17H32O3Si. The molecule has 2 fully saturated rings. The SMILES string of the molecule is CCOC(=O)C[C@@]12CC[C@H](CO[Si](C)(C)C(C)(C)C)[C@@H]1C2. The van der Waals surface area contributed by atoms with Gasteiger partial charge in [0, 0.05) is 6.61 Å². The summed E-state index contributed by atoms with van der Waals surface area (Å²) in [6.45, 7) is 14.8. The fraction of sp³-hybridized carbons (Fsp3) is 0.941. The van der Waals surface area contributed by atoms with E-state index >= 15 is 0 Å². The Bertz CT molecular complexity index is 399. The highest BCUT2D eigenvalue weighted by molar-refractivity contribution is 6.74. The van der Waals surface area contributed by atoms with Gasteiger partial charge in [0.25, 0.3) is 0 Å². The molecule has 0 amide bonds. The second-order valence-corrected chi connectivity index (χ2v) is 13.3. The summed E-state index contributed by atoms with van der Waals surface area (Å²) in [6, 6.07) is 0. The Morgan fingerprint density at radius 1 is 1.33 bits per heavy atom. The van der Waals surface area contributed by atoms with Crippen molar-refractivity contribution in [2.24, 2.45) is 17.3 Å². The minimum Gasteiger partial charge on any atom is -0.466 e. The molecule has 3 atom stereocenters. The van der Waals surface area contributed by atoms with Gasteiger partial charge in [-0.3, -0.25) is 4.79 Å². The van der Waals surface area contributed by atoms with E-state index < -0.39 is 8.32 Å². The number of rotatable bonds is 6. The van der Waals surface area contributed by atoms with Gasteiger partial charge in [-0.2, -0.15) is 0 Å². The molecule has 0 radical (unpaired) electrons. The monoisotopic (exact) mass is 312 g/mol. The summed E-state index contributed by atoms with van der Waals surface area (Å²) in [4.78, 5) is 11.7. The Hall–Kier alpha value is -0.353. The van der Waals surface area contributed by atoms with E-state index in [1.807, 2.05) is 6.92 Å². The van der Waals surface area contributed by atoms with E-state index in [-0.39, 0.29) is 16.4 Å². The largest absolute Gasteiger partial charge is 0.466 e. The molecule has 0 aromatic carbocycles. The molecule has 0 spiro atoms. The molecule has 0 N–H and O–H groups in total. The first-order chi connectivity index (χ1) is 9.61. The second-order valence-electron chi connectivity index (χ2n) is 8.52. The zero-order chi connectivity index (χ0) is 15.9. The van der Waals surface area contributed by atoms with Crippen LogP contribution in [-0.4, -0.2) is 27.5 Å². The van der Waals surface area contributed by atoms with Gasteiger partial charge in [-0.05, 0) is 61.6 Å². The topological polar surface area (TPSA) is 35.5 Å². The summed E-state index contributed by atoms with van der Waals surface area (Å²) in [5, 5.41) is 0.275. The smallest absolute Gasteiger partial charge is 0.306 e. The maximum Gasteiger partial charge on any atom is 0.306 e. The van der Waals surface area contributed by atoms with E-state index in [2.05, 4.69) is 33.9 Å². The molecule has 2 aliphatic rings. The molecule has 3 nitrogen and oxygen atoms in total. The van der Waals surface area contributed by atoms with Crippen molar-refractivity contribution in [1.29, 1.82) is 0 Å². The van der Waals surface area contributed by atoms with E-state index in [1.165, 1.54) is 19.3 Å². The van der Waals surface area contributed by atoms with Crippen molar-refractivity contribution in [3.05, 3.63) is 0 Å². The molecule has 0 aliphatic heterocycles. The van der Waals surface area contributed by atoms with Crippen LogP contribution in [0.2, 0.25) is 18.1 Å². The lowest BCUT2D eigenvalue weighted by Gasteiger charge is -2.37. The Morgan fingerprint density at radius 3 is 2.52 bits per heavy atom. The normalized spacial score (nSPS) is 31.9. The average Bonchev–Trinajstić information content (AvgIpc) is 2.93. The molecule has 2 aliphatic carbocycles. The molecule has 0 aromatic rings. The van der Waals surface area contributed by atoms with Gasteiger partial charge < -0.3 is 9.16 Å². The summed E-state index contributed by atoms with van der Waals surface area (Å²) < 4.78 is 11.5. The van der Waals surface area contributed by atoms with Crippen LogP contribution in [0.25, 0.3) is 0 Å². The molecule has 2 rings (SSSR count). The van der Waals surface area contributed by atoms with Crippen LogP contribution >= 0.6 is 0 Å². The molecule has 0 bridgehead atoms. The highest BCUT2D eigenvalue weighted by Gasteiger charge is 2.62. The maximum atomic E-state index is 11.7. The highest BCUT2D eigenvalue weighted by Crippen LogP contribution is 2.68. The number of hydrogen-bond acceptors (Lipinski definition) is 3. The van der Waals surface area contributed by atoms with Crippen LogP contribution < -0.4 is 0 Å². The van der Waals surface area contributed by atoms with Crippen molar-refractivity contribution in [3.63, 3.8) is 0 Å². The molecule has 0 heterocycles. The van der Waals surface area contributed by atoms with Crippen LogP contribution in [0.5, 0.6) is 0 Å². The predicted molar refractivity (Wildman–Crippen MR) is 87.7 cm³/mol. The highest BCUT2D eigenvalue weighted by atomic mass is 28.4. The van der Waals surface area contributed by atoms with Gasteiger partial charge in [-0.25, -0.2) is 0 Å². The predicted octanol–water partition coefficient (Wildman–Crippen LogP) is 4.38. The Morgan fingerprint density at radius 2 is 2.00 bits per heavy atom. The standard InChI is InChI=1S/C17H32O3Si/c1-7-19-15(18)11-17-9-8-13(14(17)10-17)12-20-21(5,6)16(2,3)4/h13-14H,7-12H2,1-6H3/t13-,14+,17+/m1/s1. The molecule has 122 valence electrons. The third kappa shape index (κ3) is 3.53. The fourth-order valence-corrected chi connectivity index (χ4v) is 4.59. The van der Waals surface area contributed by atoms with Gasteiger partial charge >= 0.3 is 5.97 Å². The molecule has 4 heteroatoms. The third-order valence-corrected chi connectivity index (χ3v) is 10.6. The van der Waals surface area contributed by atoms with Gasteiger partial charge in [-0.1, -0.05) is 20.8 Å². The van der Waals surface area contributed by atoms with E-state index in [0.29, 0.717) is 24.9 Å². The molecule has 0 saturated heterocycles. The summed E-state index contributed by atoms with van der Waals surface area (Å²) in [7, 11) is -1.64. The molecule has 0 aromatic heterocycles. The van der Waals surface area contributed by atoms with Crippen molar-refractivity contribution in [2.75, 3.05) is 13.2 Å². The van der Waals surface area contributed by atoms with Gasteiger partial charge in [0.1, 0.15) is 0 Å². The van der Waals surface area contributed by atoms with Crippen LogP contribution in [0.3, 0.4) is 0 Å². The van der Waals surface area contributed by atoms with Gasteiger partial charge in [0.2, 0.25) is 0 Å². The molecule has 21 heavy (non-hydrogen) atoms. The Balaban J connectivity index is 1.83. The van der Waals surface area contributed by atoms with E-state index in [0.717, 1.165) is 6.61 Å². The lowest BCUT2D eigenvalue weighted by molar-refractivity contribution is -0.144. The van der Waals surface area contributed by atoms with E-state index in [1.54, 1.807) is 0 Å². The summed E-state index contributed by atoms with van der Waals surface area (Å²) >= 11 is 0. The maximum absolute atomic E-state index is 11.7. The first-order valence-electron chi connectivity index (χ1n) is 8.41. The number of carbonyl (C=O) groups is 1. The lowest BCUT2D eigenvalue weighted by atomic mass is 10.00. The molecule has 2 saturated carbocycles. The van der Waals surface area contributed by atoms with Crippen LogP contribution in [-0.2, 0) is 14.0 Å².